The fourth-order valence-electron chi connectivity index (χ4n) is 1.38. The number of hydrogen-bond donors (Lipinski definition) is 0. The molecule has 0 N–H and O–H groups in total. The molecule has 0 aliphatic carbocycles. The third-order valence-electron chi connectivity index (χ3n) is 2.07. The van der Waals surface area contributed by atoms with Crippen molar-refractivity contribution in [3.8, 4) is 10.6 Å². The van der Waals surface area contributed by atoms with Crippen molar-refractivity contribution < 1.29 is 0 Å². The molecule has 72 valence electrons. The van der Waals surface area contributed by atoms with Crippen LogP contribution in [-0.2, 0) is 0 Å². The van der Waals surface area contributed by atoms with Gasteiger partial charge in [-0.15, -0.1) is 0 Å². The summed E-state index contributed by atoms with van der Waals surface area (Å²) in [5.41, 5.74) is 1.99. The van der Waals surface area contributed by atoms with E-state index in [1.54, 1.807) is 23.7 Å². The fraction of sp³-hybridized carbons (Fsp3) is 0. The van der Waals surface area contributed by atoms with Gasteiger partial charge >= 0.3 is 0 Å². The third-order valence-corrected chi connectivity index (χ3v) is 3.10. The molecular formula is C11H7N3S. The molecule has 0 saturated carbocycles. The Hall–Kier alpha value is -1.81. The lowest BCUT2D eigenvalue weighted by Gasteiger charge is -1.91. The number of fused-ring (bicyclic) bond motifs is 1. The summed E-state index contributed by atoms with van der Waals surface area (Å²) in [6, 6.07) is 7.79. The van der Waals surface area contributed by atoms with Gasteiger partial charge in [0.15, 0.2) is 0 Å². The Labute approximate surface area is 90.5 Å². The Morgan fingerprint density at radius 1 is 1.07 bits per heavy atom. The molecule has 0 amide bonds. The van der Waals surface area contributed by atoms with Crippen LogP contribution in [0.2, 0.25) is 0 Å². The van der Waals surface area contributed by atoms with Gasteiger partial charge in [-0.2, -0.15) is 0 Å². The van der Waals surface area contributed by atoms with Crippen LogP contribution in [0, 0.1) is 0 Å². The predicted octanol–water partition coefficient (Wildman–Crippen LogP) is 2.75. The SMILES string of the molecule is c1cncc(-c2nc3cccnc3s2)c1. The van der Waals surface area contributed by atoms with Crippen LogP contribution in [-0.4, -0.2) is 15.0 Å². The molecule has 3 aromatic heterocycles. The van der Waals surface area contributed by atoms with Crippen molar-refractivity contribution in [1.29, 1.82) is 0 Å². The smallest absolute Gasteiger partial charge is 0.143 e. The highest BCUT2D eigenvalue weighted by Crippen LogP contribution is 2.27. The van der Waals surface area contributed by atoms with E-state index in [4.69, 9.17) is 0 Å². The van der Waals surface area contributed by atoms with Crippen molar-refractivity contribution in [2.45, 2.75) is 0 Å². The third kappa shape index (κ3) is 1.49. The van der Waals surface area contributed by atoms with E-state index in [0.29, 0.717) is 0 Å². The van der Waals surface area contributed by atoms with Crippen LogP contribution >= 0.6 is 11.3 Å². The van der Waals surface area contributed by atoms with E-state index in [2.05, 4.69) is 15.0 Å². The summed E-state index contributed by atoms with van der Waals surface area (Å²) in [7, 11) is 0. The van der Waals surface area contributed by atoms with Crippen LogP contribution < -0.4 is 0 Å². The number of aromatic nitrogens is 3. The Balaban J connectivity index is 2.21. The van der Waals surface area contributed by atoms with E-state index in [0.717, 1.165) is 20.9 Å². The Bertz CT molecular complexity index is 556. The molecule has 0 saturated heterocycles. The topological polar surface area (TPSA) is 38.7 Å². The van der Waals surface area contributed by atoms with E-state index < -0.39 is 0 Å². The van der Waals surface area contributed by atoms with Crippen molar-refractivity contribution in [3.63, 3.8) is 0 Å². The lowest BCUT2D eigenvalue weighted by Crippen LogP contribution is -1.76. The van der Waals surface area contributed by atoms with Crippen LogP contribution in [0.1, 0.15) is 0 Å². The summed E-state index contributed by atoms with van der Waals surface area (Å²) in [6.07, 6.45) is 5.36. The molecule has 0 bridgehead atoms. The predicted molar refractivity (Wildman–Crippen MR) is 60.6 cm³/mol. The average molecular weight is 213 g/mol. The molecule has 0 aliphatic heterocycles. The summed E-state index contributed by atoms with van der Waals surface area (Å²) in [5.74, 6) is 0. The highest BCUT2D eigenvalue weighted by molar-refractivity contribution is 7.21. The second-order valence-corrected chi connectivity index (χ2v) is 4.07. The highest BCUT2D eigenvalue weighted by Gasteiger charge is 2.05. The molecule has 15 heavy (non-hydrogen) atoms. The first-order valence-corrected chi connectivity index (χ1v) is 5.37. The van der Waals surface area contributed by atoms with Gasteiger partial charge in [-0.1, -0.05) is 11.3 Å². The van der Waals surface area contributed by atoms with Crippen LogP contribution in [0.4, 0.5) is 0 Å². The minimum absolute atomic E-state index is 0.946. The van der Waals surface area contributed by atoms with E-state index in [1.807, 2.05) is 30.5 Å². The first kappa shape index (κ1) is 8.49. The number of rotatable bonds is 1. The number of hydrogen-bond acceptors (Lipinski definition) is 4. The molecule has 0 fully saturated rings. The van der Waals surface area contributed by atoms with Gasteiger partial charge < -0.3 is 0 Å². The minimum atomic E-state index is 0.946. The first-order valence-electron chi connectivity index (χ1n) is 4.55. The minimum Gasteiger partial charge on any atom is -0.264 e. The van der Waals surface area contributed by atoms with Crippen molar-refractivity contribution >= 4 is 21.7 Å². The Morgan fingerprint density at radius 3 is 2.80 bits per heavy atom. The summed E-state index contributed by atoms with van der Waals surface area (Å²) >= 11 is 1.59. The van der Waals surface area contributed by atoms with E-state index >= 15 is 0 Å². The molecule has 0 aromatic carbocycles. The molecule has 0 spiro atoms. The molecule has 3 rings (SSSR count). The molecule has 0 aliphatic rings. The quantitative estimate of drug-likeness (QED) is 0.624. The average Bonchev–Trinajstić information content (AvgIpc) is 2.74. The lowest BCUT2D eigenvalue weighted by molar-refractivity contribution is 1.32. The van der Waals surface area contributed by atoms with Gasteiger partial charge in [0.05, 0.1) is 0 Å². The maximum Gasteiger partial charge on any atom is 0.143 e. The van der Waals surface area contributed by atoms with Crippen LogP contribution in [0.5, 0.6) is 0 Å². The molecule has 3 nitrogen and oxygen atoms in total. The molecule has 0 unspecified atom stereocenters. The summed E-state index contributed by atoms with van der Waals surface area (Å²) < 4.78 is 0. The van der Waals surface area contributed by atoms with Gasteiger partial charge in [0, 0.05) is 24.2 Å². The van der Waals surface area contributed by atoms with Gasteiger partial charge in [0.2, 0.25) is 0 Å². The summed E-state index contributed by atoms with van der Waals surface area (Å²) in [4.78, 5) is 13.8. The molecule has 3 heterocycles. The van der Waals surface area contributed by atoms with Crippen LogP contribution in [0.15, 0.2) is 42.9 Å². The second-order valence-electron chi connectivity index (χ2n) is 3.09. The van der Waals surface area contributed by atoms with Crippen molar-refractivity contribution in [1.82, 2.24) is 15.0 Å². The Morgan fingerprint density at radius 2 is 2.00 bits per heavy atom. The fourth-order valence-corrected chi connectivity index (χ4v) is 2.28. The van der Waals surface area contributed by atoms with Crippen LogP contribution in [0.25, 0.3) is 20.9 Å². The maximum atomic E-state index is 4.50. The summed E-state index contributed by atoms with van der Waals surface area (Å²) in [6.45, 7) is 0. The molecule has 0 atom stereocenters. The van der Waals surface area contributed by atoms with Gasteiger partial charge in [-0.25, -0.2) is 9.97 Å². The summed E-state index contributed by atoms with van der Waals surface area (Å²) in [5, 5.41) is 0.969. The zero-order valence-corrected chi connectivity index (χ0v) is 8.61. The first-order chi connectivity index (χ1) is 7.43. The lowest BCUT2D eigenvalue weighted by atomic mass is 10.3. The highest BCUT2D eigenvalue weighted by atomic mass is 32.1. The van der Waals surface area contributed by atoms with Gasteiger partial charge in [0.25, 0.3) is 0 Å². The van der Waals surface area contributed by atoms with Crippen LogP contribution in [0.3, 0.4) is 0 Å². The number of pyridine rings is 2. The zero-order valence-electron chi connectivity index (χ0n) is 7.79. The van der Waals surface area contributed by atoms with Gasteiger partial charge in [-0.3, -0.25) is 4.98 Å². The van der Waals surface area contributed by atoms with Crippen molar-refractivity contribution in [2.24, 2.45) is 0 Å². The molecule has 0 radical (unpaired) electrons. The number of thiazole rings is 1. The van der Waals surface area contributed by atoms with Crippen molar-refractivity contribution in [3.05, 3.63) is 42.9 Å². The normalized spacial score (nSPS) is 10.7. The molecular weight excluding hydrogens is 206 g/mol. The van der Waals surface area contributed by atoms with Gasteiger partial charge in [0.1, 0.15) is 15.4 Å². The van der Waals surface area contributed by atoms with E-state index in [1.165, 1.54) is 0 Å². The van der Waals surface area contributed by atoms with E-state index in [9.17, 15) is 0 Å². The molecule has 4 heteroatoms. The maximum absolute atomic E-state index is 4.50. The standard InChI is InChI=1S/C11H7N3S/c1-3-8(7-12-5-1)10-14-9-4-2-6-13-11(9)15-10/h1-7H. The Kier molecular flexibility index (Phi) is 1.93. The van der Waals surface area contributed by atoms with E-state index in [-0.39, 0.29) is 0 Å². The second kappa shape index (κ2) is 3.40. The zero-order chi connectivity index (χ0) is 10.1. The van der Waals surface area contributed by atoms with Gasteiger partial charge in [-0.05, 0) is 24.3 Å². The largest absolute Gasteiger partial charge is 0.264 e. The molecule has 3 aromatic rings. The number of nitrogens with zero attached hydrogens (tertiary/aromatic N) is 3. The van der Waals surface area contributed by atoms with Crippen molar-refractivity contribution in [2.75, 3.05) is 0 Å². The monoisotopic (exact) mass is 213 g/mol.